The molecule has 3 aromatic rings. The summed E-state index contributed by atoms with van der Waals surface area (Å²) in [5.41, 5.74) is 0.432. The first-order valence-electron chi connectivity index (χ1n) is 11.4. The minimum atomic E-state index is -3.66. The lowest BCUT2D eigenvalue weighted by atomic mass is 9.83. The number of nitrogens with zero attached hydrogens (tertiary/aromatic N) is 2. The highest BCUT2D eigenvalue weighted by atomic mass is 35.5. The van der Waals surface area contributed by atoms with E-state index in [0.29, 0.717) is 23.6 Å². The number of fused-ring (bicyclic) bond motifs is 1. The average Bonchev–Trinajstić information content (AvgIpc) is 3.24. The molecule has 1 fully saturated rings. The lowest BCUT2D eigenvalue weighted by Gasteiger charge is -2.51. The van der Waals surface area contributed by atoms with Gasteiger partial charge in [0.05, 0.1) is 17.4 Å². The number of hydrogen-bond donors (Lipinski definition) is 1. The van der Waals surface area contributed by atoms with E-state index in [1.54, 1.807) is 28.9 Å². The topological polar surface area (TPSA) is 101 Å². The van der Waals surface area contributed by atoms with Crippen molar-refractivity contribution in [1.82, 2.24) is 9.80 Å². The predicted molar refractivity (Wildman–Crippen MR) is 140 cm³/mol. The summed E-state index contributed by atoms with van der Waals surface area (Å²) in [5, 5.41) is 8.49. The third-order valence-corrected chi connectivity index (χ3v) is 8.82. The summed E-state index contributed by atoms with van der Waals surface area (Å²) in [6.45, 7) is 4.34. The minimum absolute atomic E-state index is 0.173. The normalized spacial score (nSPS) is 18.8. The van der Waals surface area contributed by atoms with Gasteiger partial charge in [-0.05, 0) is 50.5 Å². The van der Waals surface area contributed by atoms with Crippen molar-refractivity contribution in [2.24, 2.45) is 5.14 Å². The van der Waals surface area contributed by atoms with Crippen LogP contribution in [-0.2, 0) is 14.8 Å². The molecular formula is C25H28ClN3O4S2. The van der Waals surface area contributed by atoms with Crippen molar-refractivity contribution in [2.75, 3.05) is 18.8 Å². The molecule has 1 saturated heterocycles. The summed E-state index contributed by atoms with van der Waals surface area (Å²) in [6.07, 6.45) is 0.723. The number of carbonyl (C=O) groups is 2. The summed E-state index contributed by atoms with van der Waals surface area (Å²) < 4.78 is 24.0. The number of primary sulfonamides is 1. The quantitative estimate of drug-likeness (QED) is 0.463. The highest BCUT2D eigenvalue weighted by Crippen LogP contribution is 2.38. The zero-order valence-corrected chi connectivity index (χ0v) is 22.0. The maximum Gasteiger partial charge on any atom is 0.256 e. The second-order valence-electron chi connectivity index (χ2n) is 9.07. The SMILES string of the molecule is C[C@@H](c1ccc(Cl)cc1)N(CCCS(N)(=O)=O)C(=O)C1(C)CCN1C(=O)c1csc2ccccc12. The maximum absolute atomic E-state index is 14.0. The van der Waals surface area contributed by atoms with E-state index in [4.69, 9.17) is 16.7 Å². The summed E-state index contributed by atoms with van der Waals surface area (Å²) >= 11 is 7.54. The number of nitrogens with two attached hydrogens (primary N) is 1. The van der Waals surface area contributed by atoms with Crippen molar-refractivity contribution in [3.63, 3.8) is 0 Å². The lowest BCUT2D eigenvalue weighted by molar-refractivity contribution is -0.151. The van der Waals surface area contributed by atoms with E-state index in [2.05, 4.69) is 0 Å². The number of thiophene rings is 1. The molecule has 35 heavy (non-hydrogen) atoms. The van der Waals surface area contributed by atoms with Crippen LogP contribution in [0.3, 0.4) is 0 Å². The molecule has 2 atom stereocenters. The summed E-state index contributed by atoms with van der Waals surface area (Å²) in [4.78, 5) is 30.8. The smallest absolute Gasteiger partial charge is 0.256 e. The molecule has 186 valence electrons. The maximum atomic E-state index is 14.0. The van der Waals surface area contributed by atoms with Crippen LogP contribution < -0.4 is 5.14 Å². The van der Waals surface area contributed by atoms with Crippen LogP contribution in [0, 0.1) is 0 Å². The highest BCUT2D eigenvalue weighted by Gasteiger charge is 2.52. The Labute approximate surface area is 214 Å². The van der Waals surface area contributed by atoms with Gasteiger partial charge in [0.2, 0.25) is 15.9 Å². The third kappa shape index (κ3) is 5.23. The standard InChI is InChI=1S/C25H28ClN3O4S2/c1-17(18-8-10-19(26)11-9-18)28(13-5-15-35(27,32)33)24(31)25(2)12-14-29(25)23(30)21-16-34-22-7-4-3-6-20(21)22/h3-4,6-11,16-17H,5,12-15H2,1-2H3,(H2,27,32,33)/t17-,25?/m0/s1. The van der Waals surface area contributed by atoms with Gasteiger partial charge in [-0.2, -0.15) is 0 Å². The van der Waals surface area contributed by atoms with Crippen molar-refractivity contribution < 1.29 is 18.0 Å². The molecule has 2 heterocycles. The molecular weight excluding hydrogens is 506 g/mol. The van der Waals surface area contributed by atoms with E-state index in [-0.39, 0.29) is 36.6 Å². The first-order valence-corrected chi connectivity index (χ1v) is 14.3. The second kappa shape index (κ2) is 9.89. The van der Waals surface area contributed by atoms with E-state index < -0.39 is 15.6 Å². The second-order valence-corrected chi connectivity index (χ2v) is 12.2. The molecule has 0 spiro atoms. The molecule has 1 aromatic heterocycles. The number of rotatable bonds is 8. The van der Waals surface area contributed by atoms with Crippen LogP contribution in [0.5, 0.6) is 0 Å². The molecule has 4 rings (SSSR count). The van der Waals surface area contributed by atoms with E-state index in [1.807, 2.05) is 48.7 Å². The highest BCUT2D eigenvalue weighted by molar-refractivity contribution is 7.89. The number of likely N-dealkylation sites (tertiary alicyclic amines) is 1. The Hall–Kier alpha value is -2.46. The van der Waals surface area contributed by atoms with Crippen molar-refractivity contribution in [2.45, 2.75) is 38.3 Å². The van der Waals surface area contributed by atoms with Crippen LogP contribution in [0.25, 0.3) is 10.1 Å². The van der Waals surface area contributed by atoms with Crippen LogP contribution in [0.15, 0.2) is 53.9 Å². The Morgan fingerprint density at radius 2 is 1.89 bits per heavy atom. The van der Waals surface area contributed by atoms with Crippen molar-refractivity contribution >= 4 is 54.9 Å². The number of halogens is 1. The Kier molecular flexibility index (Phi) is 7.24. The molecule has 1 aliphatic heterocycles. The van der Waals surface area contributed by atoms with Crippen molar-refractivity contribution in [1.29, 1.82) is 0 Å². The van der Waals surface area contributed by atoms with Gasteiger partial charge < -0.3 is 9.80 Å². The molecule has 0 radical (unpaired) electrons. The number of amides is 2. The number of sulfonamides is 1. The van der Waals surface area contributed by atoms with Gasteiger partial charge >= 0.3 is 0 Å². The van der Waals surface area contributed by atoms with Crippen LogP contribution in [-0.4, -0.2) is 54.4 Å². The van der Waals surface area contributed by atoms with Gasteiger partial charge in [0, 0.05) is 33.6 Å². The van der Waals surface area contributed by atoms with Crippen molar-refractivity contribution in [3.8, 4) is 0 Å². The Morgan fingerprint density at radius 1 is 1.20 bits per heavy atom. The molecule has 2 amide bonds. The van der Waals surface area contributed by atoms with Gasteiger partial charge in [0.15, 0.2) is 0 Å². The van der Waals surface area contributed by atoms with Crippen LogP contribution in [0.4, 0.5) is 0 Å². The number of benzene rings is 2. The molecule has 1 aliphatic rings. The molecule has 2 aromatic carbocycles. The molecule has 10 heteroatoms. The zero-order chi connectivity index (χ0) is 25.4. The van der Waals surface area contributed by atoms with E-state index in [9.17, 15) is 18.0 Å². The first kappa shape index (κ1) is 25.6. The van der Waals surface area contributed by atoms with Crippen molar-refractivity contribution in [3.05, 3.63) is 70.1 Å². The lowest BCUT2D eigenvalue weighted by Crippen LogP contribution is -2.68. The monoisotopic (exact) mass is 533 g/mol. The fourth-order valence-corrected chi connectivity index (χ4v) is 6.13. The molecule has 0 bridgehead atoms. The summed E-state index contributed by atoms with van der Waals surface area (Å²) in [5.74, 6) is -0.619. The Morgan fingerprint density at radius 3 is 2.51 bits per heavy atom. The third-order valence-electron chi connectivity index (χ3n) is 6.74. The molecule has 1 unspecified atom stereocenters. The minimum Gasteiger partial charge on any atom is -0.334 e. The number of carbonyl (C=O) groups excluding carboxylic acids is 2. The van der Waals surface area contributed by atoms with E-state index in [1.165, 1.54) is 11.3 Å². The molecule has 0 aliphatic carbocycles. The van der Waals surface area contributed by atoms with Gasteiger partial charge in [0.25, 0.3) is 5.91 Å². The first-order chi connectivity index (χ1) is 16.5. The van der Waals surface area contributed by atoms with Crippen LogP contribution in [0.1, 0.15) is 48.7 Å². The fraction of sp³-hybridized carbons (Fsp3) is 0.360. The molecule has 2 N–H and O–H groups in total. The van der Waals surface area contributed by atoms with Gasteiger partial charge in [-0.1, -0.05) is 41.9 Å². The van der Waals surface area contributed by atoms with Gasteiger partial charge in [0.1, 0.15) is 5.54 Å². The van der Waals surface area contributed by atoms with Gasteiger partial charge in [-0.3, -0.25) is 9.59 Å². The predicted octanol–water partition coefficient (Wildman–Crippen LogP) is 4.43. The van der Waals surface area contributed by atoms with Crippen LogP contribution >= 0.6 is 22.9 Å². The summed E-state index contributed by atoms with van der Waals surface area (Å²) in [7, 11) is -3.66. The fourth-order valence-electron chi connectivity index (χ4n) is 4.53. The Balaban J connectivity index is 1.61. The molecule has 0 saturated carbocycles. The summed E-state index contributed by atoms with van der Waals surface area (Å²) in [6, 6.07) is 14.6. The Bertz CT molecular complexity index is 1360. The average molecular weight is 534 g/mol. The number of hydrogen-bond acceptors (Lipinski definition) is 5. The largest absolute Gasteiger partial charge is 0.334 e. The van der Waals surface area contributed by atoms with Gasteiger partial charge in [-0.25, -0.2) is 13.6 Å². The van der Waals surface area contributed by atoms with E-state index >= 15 is 0 Å². The van der Waals surface area contributed by atoms with E-state index in [0.717, 1.165) is 15.6 Å². The zero-order valence-electron chi connectivity index (χ0n) is 19.6. The van der Waals surface area contributed by atoms with Gasteiger partial charge in [-0.15, -0.1) is 11.3 Å². The van der Waals surface area contributed by atoms with Crippen LogP contribution in [0.2, 0.25) is 5.02 Å². The molecule has 7 nitrogen and oxygen atoms in total.